The number of likely N-dealkylation sites (tertiary alicyclic amines) is 1. The van der Waals surface area contributed by atoms with Gasteiger partial charge in [0.15, 0.2) is 0 Å². The van der Waals surface area contributed by atoms with E-state index in [0.29, 0.717) is 25.4 Å². The van der Waals surface area contributed by atoms with Crippen molar-refractivity contribution < 1.29 is 9.18 Å². The van der Waals surface area contributed by atoms with Crippen LogP contribution >= 0.6 is 0 Å². The Morgan fingerprint density at radius 3 is 3.05 bits per heavy atom. The molecule has 0 unspecified atom stereocenters. The zero-order valence-corrected chi connectivity index (χ0v) is 13.0. The minimum absolute atomic E-state index is 0.177. The molecule has 0 N–H and O–H groups in total. The number of piperidine rings is 1. The van der Waals surface area contributed by atoms with E-state index in [4.69, 9.17) is 0 Å². The van der Waals surface area contributed by atoms with Crippen LogP contribution in [0.25, 0.3) is 0 Å². The number of carbonyl (C=O) groups is 1. The van der Waals surface area contributed by atoms with Crippen molar-refractivity contribution in [1.82, 2.24) is 19.4 Å². The minimum atomic E-state index is -0.409. The van der Waals surface area contributed by atoms with Crippen LogP contribution in [0.1, 0.15) is 25.1 Å². The largest absolute Gasteiger partial charge is 0.341 e. The molecule has 0 radical (unpaired) electrons. The number of likely N-dealkylation sites (N-methyl/N-ethyl adjacent to an activating group) is 1. The second-order valence-electron chi connectivity index (χ2n) is 5.83. The standard InChI is InChI=1S/C15H25FN4O/c1-18(2)13-4-3-9-20(12-13)15(21)6-5-14-17-8-11-19(14)10-7-16/h8,11,13H,3-7,9-10,12H2,1-2H3/t13-/m0/s1. The summed E-state index contributed by atoms with van der Waals surface area (Å²) in [6.45, 7) is 1.57. The fourth-order valence-corrected chi connectivity index (χ4v) is 2.84. The molecule has 21 heavy (non-hydrogen) atoms. The first-order valence-electron chi connectivity index (χ1n) is 7.62. The van der Waals surface area contributed by atoms with Gasteiger partial charge >= 0.3 is 0 Å². The van der Waals surface area contributed by atoms with Crippen molar-refractivity contribution in [2.45, 2.75) is 38.3 Å². The molecule has 0 saturated carbocycles. The summed E-state index contributed by atoms with van der Waals surface area (Å²) in [5.41, 5.74) is 0. The third-order valence-electron chi connectivity index (χ3n) is 4.17. The fraction of sp³-hybridized carbons (Fsp3) is 0.733. The topological polar surface area (TPSA) is 41.4 Å². The molecule has 2 heterocycles. The van der Waals surface area contributed by atoms with Gasteiger partial charge in [-0.15, -0.1) is 0 Å². The number of aromatic nitrogens is 2. The van der Waals surface area contributed by atoms with E-state index >= 15 is 0 Å². The summed E-state index contributed by atoms with van der Waals surface area (Å²) in [6.07, 6.45) is 6.67. The normalized spacial score (nSPS) is 19.2. The molecule has 5 nitrogen and oxygen atoms in total. The van der Waals surface area contributed by atoms with Crippen LogP contribution in [-0.2, 0) is 17.8 Å². The second-order valence-corrected chi connectivity index (χ2v) is 5.83. The Kier molecular flexibility index (Phi) is 5.73. The van der Waals surface area contributed by atoms with Gasteiger partial charge in [-0.2, -0.15) is 0 Å². The van der Waals surface area contributed by atoms with Gasteiger partial charge in [0.25, 0.3) is 0 Å². The summed E-state index contributed by atoms with van der Waals surface area (Å²) in [7, 11) is 4.12. The smallest absolute Gasteiger partial charge is 0.223 e. The molecular weight excluding hydrogens is 271 g/mol. The average Bonchev–Trinajstić information content (AvgIpc) is 2.92. The van der Waals surface area contributed by atoms with E-state index in [2.05, 4.69) is 24.0 Å². The maximum absolute atomic E-state index is 12.4. The molecular formula is C15H25FN4O. The van der Waals surface area contributed by atoms with Gasteiger partial charge in [-0.3, -0.25) is 4.79 Å². The number of rotatable bonds is 6. The number of imidazole rings is 1. The van der Waals surface area contributed by atoms with E-state index in [1.54, 1.807) is 17.0 Å². The monoisotopic (exact) mass is 296 g/mol. The summed E-state index contributed by atoms with van der Waals surface area (Å²) < 4.78 is 14.2. The molecule has 1 aromatic rings. The number of nitrogens with zero attached hydrogens (tertiary/aromatic N) is 4. The Morgan fingerprint density at radius 2 is 2.33 bits per heavy atom. The lowest BCUT2D eigenvalue weighted by Gasteiger charge is -2.36. The van der Waals surface area contributed by atoms with Crippen molar-refractivity contribution >= 4 is 5.91 Å². The number of amides is 1. The van der Waals surface area contributed by atoms with Gasteiger partial charge in [0.1, 0.15) is 12.5 Å². The van der Waals surface area contributed by atoms with Crippen LogP contribution in [0.5, 0.6) is 0 Å². The molecule has 0 spiro atoms. The number of aryl methyl sites for hydroxylation is 2. The Labute approximate surface area is 125 Å². The molecule has 1 fully saturated rings. The van der Waals surface area contributed by atoms with Crippen LogP contribution in [0, 0.1) is 0 Å². The lowest BCUT2D eigenvalue weighted by atomic mass is 10.0. The van der Waals surface area contributed by atoms with Crippen molar-refractivity contribution in [1.29, 1.82) is 0 Å². The lowest BCUT2D eigenvalue weighted by molar-refractivity contribution is -0.133. The first kappa shape index (κ1) is 15.9. The average molecular weight is 296 g/mol. The molecule has 0 bridgehead atoms. The number of hydrogen-bond donors (Lipinski definition) is 0. The molecule has 1 aliphatic rings. The van der Waals surface area contributed by atoms with E-state index in [9.17, 15) is 9.18 Å². The van der Waals surface area contributed by atoms with Crippen molar-refractivity contribution in [2.75, 3.05) is 33.9 Å². The summed E-state index contributed by atoms with van der Waals surface area (Å²) in [4.78, 5) is 20.7. The molecule has 1 aromatic heterocycles. The van der Waals surface area contributed by atoms with Crippen LogP contribution < -0.4 is 0 Å². The molecule has 2 rings (SSSR count). The van der Waals surface area contributed by atoms with Gasteiger partial charge in [-0.25, -0.2) is 9.37 Å². The Morgan fingerprint density at radius 1 is 1.52 bits per heavy atom. The summed E-state index contributed by atoms with van der Waals surface area (Å²) in [5.74, 6) is 0.971. The highest BCUT2D eigenvalue weighted by atomic mass is 19.1. The van der Waals surface area contributed by atoms with Gasteiger partial charge in [-0.05, 0) is 26.9 Å². The Balaban J connectivity index is 1.85. The molecule has 1 aliphatic heterocycles. The molecule has 1 atom stereocenters. The highest BCUT2D eigenvalue weighted by Crippen LogP contribution is 2.15. The summed E-state index contributed by atoms with van der Waals surface area (Å²) in [5, 5.41) is 0. The van der Waals surface area contributed by atoms with Crippen LogP contribution in [0.2, 0.25) is 0 Å². The predicted molar refractivity (Wildman–Crippen MR) is 79.8 cm³/mol. The minimum Gasteiger partial charge on any atom is -0.341 e. The Bertz CT molecular complexity index is 460. The van der Waals surface area contributed by atoms with Crippen molar-refractivity contribution in [3.8, 4) is 0 Å². The number of carbonyl (C=O) groups excluding carboxylic acids is 1. The van der Waals surface area contributed by atoms with Gasteiger partial charge in [-0.1, -0.05) is 0 Å². The van der Waals surface area contributed by atoms with Gasteiger partial charge in [0.2, 0.25) is 5.91 Å². The molecule has 1 saturated heterocycles. The third kappa shape index (κ3) is 4.27. The first-order chi connectivity index (χ1) is 10.1. The SMILES string of the molecule is CN(C)[C@H]1CCCN(C(=O)CCc2nccn2CCF)C1. The molecule has 0 aliphatic carbocycles. The Hall–Kier alpha value is -1.43. The summed E-state index contributed by atoms with van der Waals surface area (Å²) >= 11 is 0. The predicted octanol–water partition coefficient (Wildman–Crippen LogP) is 1.34. The maximum atomic E-state index is 12.4. The number of alkyl halides is 1. The second kappa shape index (κ2) is 7.54. The van der Waals surface area contributed by atoms with Crippen LogP contribution in [-0.4, -0.2) is 65.2 Å². The van der Waals surface area contributed by atoms with E-state index in [-0.39, 0.29) is 5.91 Å². The lowest BCUT2D eigenvalue weighted by Crippen LogP contribution is -2.47. The summed E-state index contributed by atoms with van der Waals surface area (Å²) in [6, 6.07) is 0.455. The zero-order chi connectivity index (χ0) is 15.2. The molecule has 118 valence electrons. The van der Waals surface area contributed by atoms with E-state index < -0.39 is 6.67 Å². The van der Waals surface area contributed by atoms with Crippen LogP contribution in [0.15, 0.2) is 12.4 Å². The molecule has 1 amide bonds. The van der Waals surface area contributed by atoms with Crippen LogP contribution in [0.3, 0.4) is 0 Å². The third-order valence-corrected chi connectivity index (χ3v) is 4.17. The quantitative estimate of drug-likeness (QED) is 0.795. The number of hydrogen-bond acceptors (Lipinski definition) is 3. The zero-order valence-electron chi connectivity index (χ0n) is 13.0. The highest BCUT2D eigenvalue weighted by molar-refractivity contribution is 5.76. The molecule has 0 aromatic carbocycles. The fourth-order valence-electron chi connectivity index (χ4n) is 2.84. The highest BCUT2D eigenvalue weighted by Gasteiger charge is 2.24. The van der Waals surface area contributed by atoms with Crippen LogP contribution in [0.4, 0.5) is 4.39 Å². The maximum Gasteiger partial charge on any atom is 0.223 e. The first-order valence-corrected chi connectivity index (χ1v) is 7.62. The molecule has 6 heteroatoms. The van der Waals surface area contributed by atoms with E-state index in [0.717, 1.165) is 31.8 Å². The number of halogens is 1. The van der Waals surface area contributed by atoms with E-state index in [1.807, 2.05) is 4.90 Å². The van der Waals surface area contributed by atoms with Gasteiger partial charge in [0.05, 0.1) is 6.54 Å². The van der Waals surface area contributed by atoms with Crippen molar-refractivity contribution in [3.05, 3.63) is 18.2 Å². The van der Waals surface area contributed by atoms with Crippen molar-refractivity contribution in [3.63, 3.8) is 0 Å². The van der Waals surface area contributed by atoms with E-state index in [1.165, 1.54) is 0 Å². The van der Waals surface area contributed by atoms with Gasteiger partial charge < -0.3 is 14.4 Å². The van der Waals surface area contributed by atoms with Crippen molar-refractivity contribution in [2.24, 2.45) is 0 Å². The van der Waals surface area contributed by atoms with Gasteiger partial charge in [0, 0.05) is 44.4 Å².